The van der Waals surface area contributed by atoms with E-state index in [4.69, 9.17) is 4.74 Å². The summed E-state index contributed by atoms with van der Waals surface area (Å²) in [5, 5.41) is 6.76. The summed E-state index contributed by atoms with van der Waals surface area (Å²) in [5.41, 5.74) is 1.11. The van der Waals surface area contributed by atoms with E-state index in [9.17, 15) is 4.79 Å². The van der Waals surface area contributed by atoms with E-state index in [2.05, 4.69) is 27.4 Å². The molecule has 1 heterocycles. The third-order valence-electron chi connectivity index (χ3n) is 5.26. The highest BCUT2D eigenvalue weighted by Gasteiger charge is 2.23. The molecule has 0 aliphatic carbocycles. The molecule has 0 aromatic heterocycles. The van der Waals surface area contributed by atoms with E-state index in [1.807, 2.05) is 38.1 Å². The van der Waals surface area contributed by atoms with Crippen LogP contribution in [0.15, 0.2) is 29.3 Å². The van der Waals surface area contributed by atoms with Crippen LogP contribution in [0, 0.1) is 6.92 Å². The van der Waals surface area contributed by atoms with Gasteiger partial charge in [-0.25, -0.2) is 4.99 Å². The number of aliphatic imine (C=N–C) groups is 1. The number of carbonyl (C=O) groups is 1. The van der Waals surface area contributed by atoms with Crippen molar-refractivity contribution in [3.05, 3.63) is 29.8 Å². The van der Waals surface area contributed by atoms with E-state index < -0.39 is 0 Å². The number of guanidine groups is 1. The zero-order chi connectivity index (χ0) is 21.2. The van der Waals surface area contributed by atoms with Crippen molar-refractivity contribution in [3.63, 3.8) is 0 Å². The summed E-state index contributed by atoms with van der Waals surface area (Å²) in [6.45, 7) is 10.0. The number of rotatable bonds is 9. The van der Waals surface area contributed by atoms with Crippen LogP contribution in [0.1, 0.15) is 32.3 Å². The van der Waals surface area contributed by atoms with E-state index in [0.717, 1.165) is 30.9 Å². The first-order valence-electron chi connectivity index (χ1n) is 10.6. The topological polar surface area (TPSA) is 69.2 Å². The van der Waals surface area contributed by atoms with Crippen LogP contribution in [-0.4, -0.2) is 80.6 Å². The molecule has 0 radical (unpaired) electrons. The van der Waals surface area contributed by atoms with Crippen molar-refractivity contribution in [2.75, 3.05) is 46.8 Å². The van der Waals surface area contributed by atoms with Gasteiger partial charge in [-0.3, -0.25) is 9.69 Å². The van der Waals surface area contributed by atoms with E-state index in [-0.39, 0.29) is 18.6 Å². The van der Waals surface area contributed by atoms with Gasteiger partial charge < -0.3 is 20.3 Å². The number of para-hydroxylation sites is 1. The second-order valence-electron chi connectivity index (χ2n) is 7.83. The molecule has 2 atom stereocenters. The van der Waals surface area contributed by atoms with Crippen molar-refractivity contribution in [3.8, 4) is 5.75 Å². The number of hydrogen-bond donors (Lipinski definition) is 2. The van der Waals surface area contributed by atoms with Gasteiger partial charge in [0.2, 0.25) is 5.91 Å². The number of likely N-dealkylation sites (N-methyl/N-ethyl adjacent to an activating group) is 2. The van der Waals surface area contributed by atoms with Crippen molar-refractivity contribution in [1.29, 1.82) is 0 Å². The van der Waals surface area contributed by atoms with Crippen LogP contribution in [0.2, 0.25) is 0 Å². The molecule has 1 fully saturated rings. The predicted octanol–water partition coefficient (Wildman–Crippen LogP) is 1.87. The number of nitrogens with zero attached hydrogens (tertiary/aromatic N) is 3. The molecule has 0 spiro atoms. The van der Waals surface area contributed by atoms with Gasteiger partial charge in [0.25, 0.3) is 0 Å². The van der Waals surface area contributed by atoms with E-state index in [1.165, 1.54) is 12.8 Å². The van der Waals surface area contributed by atoms with E-state index >= 15 is 0 Å². The van der Waals surface area contributed by atoms with Gasteiger partial charge in [-0.15, -0.1) is 0 Å². The Kier molecular flexibility index (Phi) is 9.25. The number of nitrogens with one attached hydrogen (secondary N) is 2. The number of ether oxygens (including phenoxy) is 1. The van der Waals surface area contributed by atoms with Gasteiger partial charge in [0.15, 0.2) is 5.96 Å². The lowest BCUT2D eigenvalue weighted by molar-refractivity contribution is -0.127. The van der Waals surface area contributed by atoms with Crippen LogP contribution in [-0.2, 0) is 4.79 Å². The molecule has 2 N–H and O–H groups in total. The maximum Gasteiger partial charge on any atom is 0.243 e. The molecular formula is C22H37N5O2. The summed E-state index contributed by atoms with van der Waals surface area (Å²) in [5.74, 6) is 1.52. The van der Waals surface area contributed by atoms with Crippen molar-refractivity contribution < 1.29 is 9.53 Å². The molecule has 7 heteroatoms. The molecule has 0 saturated carbocycles. The fourth-order valence-electron chi connectivity index (χ4n) is 3.41. The first kappa shape index (κ1) is 23.0. The van der Waals surface area contributed by atoms with Gasteiger partial charge in [0, 0.05) is 26.7 Å². The summed E-state index contributed by atoms with van der Waals surface area (Å²) in [6.07, 6.45) is 2.39. The second kappa shape index (κ2) is 11.7. The number of hydrogen-bond acceptors (Lipinski definition) is 4. The molecule has 1 aromatic carbocycles. The lowest BCUT2D eigenvalue weighted by atomic mass is 10.2. The summed E-state index contributed by atoms with van der Waals surface area (Å²) in [7, 11) is 3.49. The lowest BCUT2D eigenvalue weighted by Crippen LogP contribution is -2.47. The lowest BCUT2D eigenvalue weighted by Gasteiger charge is -2.24. The molecule has 2 rings (SSSR count). The van der Waals surface area contributed by atoms with Gasteiger partial charge in [-0.2, -0.15) is 0 Å². The first-order valence-corrected chi connectivity index (χ1v) is 10.6. The highest BCUT2D eigenvalue weighted by Crippen LogP contribution is 2.17. The van der Waals surface area contributed by atoms with Gasteiger partial charge >= 0.3 is 0 Å². The third-order valence-corrected chi connectivity index (χ3v) is 5.26. The minimum atomic E-state index is -0.0359. The molecule has 0 bridgehead atoms. The highest BCUT2D eigenvalue weighted by molar-refractivity contribution is 5.84. The Morgan fingerprint density at radius 1 is 1.34 bits per heavy atom. The zero-order valence-electron chi connectivity index (χ0n) is 18.6. The van der Waals surface area contributed by atoms with E-state index in [0.29, 0.717) is 18.5 Å². The molecule has 1 aliphatic rings. The average Bonchev–Trinajstić information content (AvgIpc) is 3.16. The van der Waals surface area contributed by atoms with Crippen LogP contribution < -0.4 is 15.4 Å². The molecule has 1 aromatic rings. The second-order valence-corrected chi connectivity index (χ2v) is 7.83. The first-order chi connectivity index (χ1) is 13.9. The van der Waals surface area contributed by atoms with Crippen molar-refractivity contribution in [1.82, 2.24) is 20.4 Å². The average molecular weight is 404 g/mol. The molecule has 1 saturated heterocycles. The maximum absolute atomic E-state index is 12.0. The van der Waals surface area contributed by atoms with Crippen LogP contribution in [0.3, 0.4) is 0 Å². The number of benzene rings is 1. The Bertz CT molecular complexity index is 677. The van der Waals surface area contributed by atoms with E-state index in [1.54, 1.807) is 19.0 Å². The molecule has 7 nitrogen and oxygen atoms in total. The Morgan fingerprint density at radius 3 is 2.79 bits per heavy atom. The summed E-state index contributed by atoms with van der Waals surface area (Å²) < 4.78 is 6.04. The summed E-state index contributed by atoms with van der Waals surface area (Å²) in [6, 6.07) is 8.51. The van der Waals surface area contributed by atoms with Gasteiger partial charge in [0.05, 0.1) is 6.54 Å². The number of likely N-dealkylation sites (tertiary alicyclic amines) is 1. The van der Waals surface area contributed by atoms with Crippen LogP contribution in [0.25, 0.3) is 0 Å². The molecule has 1 aliphatic heterocycles. The normalized spacial score (nSPS) is 18.4. The van der Waals surface area contributed by atoms with Crippen LogP contribution in [0.4, 0.5) is 0 Å². The monoisotopic (exact) mass is 403 g/mol. The highest BCUT2D eigenvalue weighted by atomic mass is 16.5. The fourth-order valence-corrected chi connectivity index (χ4v) is 3.41. The minimum Gasteiger partial charge on any atom is -0.489 e. The quantitative estimate of drug-likeness (QED) is 0.487. The zero-order valence-corrected chi connectivity index (χ0v) is 18.6. The smallest absolute Gasteiger partial charge is 0.243 e. The Morgan fingerprint density at radius 2 is 2.10 bits per heavy atom. The fraction of sp³-hybridized carbons (Fsp3) is 0.636. The number of aryl methyl sites for hydroxylation is 1. The van der Waals surface area contributed by atoms with Gasteiger partial charge in [-0.1, -0.05) is 25.1 Å². The maximum atomic E-state index is 12.0. The third kappa shape index (κ3) is 7.57. The SMILES string of the molecule is CCN1CCCC1CNC(=NCC(=O)N(C)C)NCC(C)Oc1ccccc1C. The van der Waals surface area contributed by atoms with Gasteiger partial charge in [0.1, 0.15) is 18.4 Å². The van der Waals surface area contributed by atoms with Crippen LogP contribution >= 0.6 is 0 Å². The largest absolute Gasteiger partial charge is 0.489 e. The minimum absolute atomic E-state index is 0.0219. The van der Waals surface area contributed by atoms with Crippen LogP contribution in [0.5, 0.6) is 5.75 Å². The molecule has 2 unspecified atom stereocenters. The molecule has 29 heavy (non-hydrogen) atoms. The molecular weight excluding hydrogens is 366 g/mol. The Labute approximate surface area is 175 Å². The number of amides is 1. The van der Waals surface area contributed by atoms with Crippen molar-refractivity contribution in [2.24, 2.45) is 4.99 Å². The Balaban J connectivity index is 1.92. The standard InChI is InChI=1S/C22H37N5O2/c1-6-27-13-9-11-19(27)15-24-22(25-16-21(28)26(4)5)23-14-18(3)29-20-12-8-7-10-17(20)2/h7-8,10,12,18-19H,6,9,11,13-16H2,1-5H3,(H2,23,24,25). The van der Waals surface area contributed by atoms with Crippen molar-refractivity contribution >= 4 is 11.9 Å². The number of carbonyl (C=O) groups excluding carboxylic acids is 1. The molecule has 162 valence electrons. The van der Waals surface area contributed by atoms with Gasteiger partial charge in [-0.05, 0) is 51.4 Å². The molecule has 1 amide bonds. The predicted molar refractivity (Wildman–Crippen MR) is 119 cm³/mol. The summed E-state index contributed by atoms with van der Waals surface area (Å²) in [4.78, 5) is 20.5. The van der Waals surface area contributed by atoms with Crippen molar-refractivity contribution in [2.45, 2.75) is 45.8 Å². The summed E-state index contributed by atoms with van der Waals surface area (Å²) >= 11 is 0. The Hall–Kier alpha value is -2.28.